The van der Waals surface area contributed by atoms with Crippen LogP contribution in [0.1, 0.15) is 20.8 Å². The van der Waals surface area contributed by atoms with Gasteiger partial charge in [-0.2, -0.15) is 0 Å². The van der Waals surface area contributed by atoms with Gasteiger partial charge in [-0.3, -0.25) is 9.59 Å². The van der Waals surface area contributed by atoms with Gasteiger partial charge in [0.15, 0.2) is 0 Å². The van der Waals surface area contributed by atoms with Crippen molar-refractivity contribution in [3.8, 4) is 39.7 Å². The standard InChI is InChI=1S/C28H20O6S5/c1-35-17-4-2-14(3-5-17)22-10-15(12-24(29)30)26(38-22)19-7-8-20(37-19)27-16(13-25(31)32)11-23(39-27)18-6-9-21(36-18)28(33)34/h2-11H,12-13H2,1H3,(H,29,30)(H,31,32)(H,33,34). The van der Waals surface area contributed by atoms with Crippen molar-refractivity contribution < 1.29 is 29.7 Å². The van der Waals surface area contributed by atoms with E-state index in [-0.39, 0.29) is 17.7 Å². The number of rotatable bonds is 10. The molecule has 3 N–H and O–H groups in total. The fourth-order valence-corrected chi connectivity index (χ4v) is 9.05. The number of hydrogen-bond acceptors (Lipinski definition) is 8. The van der Waals surface area contributed by atoms with E-state index < -0.39 is 17.9 Å². The molecule has 11 heteroatoms. The summed E-state index contributed by atoms with van der Waals surface area (Å²) in [7, 11) is 0. The molecule has 4 heterocycles. The summed E-state index contributed by atoms with van der Waals surface area (Å²) < 4.78 is 0. The number of carbonyl (C=O) groups is 3. The minimum absolute atomic E-state index is 0.0976. The zero-order valence-electron chi connectivity index (χ0n) is 20.3. The number of thiophene rings is 4. The Kier molecular flexibility index (Phi) is 8.06. The van der Waals surface area contributed by atoms with Gasteiger partial charge in [-0.25, -0.2) is 4.79 Å². The average Bonchev–Trinajstić information content (AvgIpc) is 3.68. The van der Waals surface area contributed by atoms with Crippen LogP contribution in [0.25, 0.3) is 39.7 Å². The molecule has 0 aliphatic carbocycles. The molecule has 0 bridgehead atoms. The molecule has 0 spiro atoms. The summed E-state index contributed by atoms with van der Waals surface area (Å²) in [6, 6.07) is 19.1. The topological polar surface area (TPSA) is 112 Å². The molecule has 0 unspecified atom stereocenters. The monoisotopic (exact) mass is 612 g/mol. The van der Waals surface area contributed by atoms with Crippen molar-refractivity contribution in [1.82, 2.24) is 0 Å². The highest BCUT2D eigenvalue weighted by atomic mass is 32.2. The molecule has 0 amide bonds. The third-order valence-corrected chi connectivity index (χ3v) is 11.7. The van der Waals surface area contributed by atoms with E-state index in [1.54, 1.807) is 35.2 Å². The maximum absolute atomic E-state index is 11.7. The molecule has 198 valence electrons. The fourth-order valence-electron chi connectivity index (χ4n) is 4.05. The van der Waals surface area contributed by atoms with E-state index in [0.717, 1.165) is 61.5 Å². The second kappa shape index (κ2) is 11.5. The summed E-state index contributed by atoms with van der Waals surface area (Å²) in [4.78, 5) is 42.1. The van der Waals surface area contributed by atoms with Crippen molar-refractivity contribution in [2.24, 2.45) is 0 Å². The SMILES string of the molecule is CSc1ccc(-c2cc(CC(=O)O)c(-c3ccc(-c4sc(-c5ccc(C(=O)O)s5)cc4CC(=O)O)s3)s2)cc1. The molecule has 0 aliphatic rings. The van der Waals surface area contributed by atoms with Crippen LogP contribution in [0.4, 0.5) is 0 Å². The molecule has 1 aromatic carbocycles. The van der Waals surface area contributed by atoms with Crippen LogP contribution in [0.15, 0.2) is 65.6 Å². The van der Waals surface area contributed by atoms with E-state index in [9.17, 15) is 29.7 Å². The second-order valence-electron chi connectivity index (χ2n) is 8.43. The number of thioether (sulfide) groups is 1. The Balaban J connectivity index is 1.54. The van der Waals surface area contributed by atoms with Crippen molar-refractivity contribution in [2.45, 2.75) is 17.7 Å². The number of benzene rings is 1. The summed E-state index contributed by atoms with van der Waals surface area (Å²) in [6.07, 6.45) is 1.76. The van der Waals surface area contributed by atoms with Crippen LogP contribution >= 0.6 is 57.1 Å². The van der Waals surface area contributed by atoms with Gasteiger partial charge in [-0.1, -0.05) is 12.1 Å². The number of hydrogen-bond donors (Lipinski definition) is 3. The molecule has 5 aromatic rings. The Morgan fingerprint density at radius 3 is 1.69 bits per heavy atom. The summed E-state index contributed by atoms with van der Waals surface area (Å²) >= 11 is 7.29. The first-order chi connectivity index (χ1) is 18.7. The summed E-state index contributed by atoms with van der Waals surface area (Å²) in [5, 5.41) is 28.4. The lowest BCUT2D eigenvalue weighted by Crippen LogP contribution is -1.99. The molecule has 0 aliphatic heterocycles. The highest BCUT2D eigenvalue weighted by Crippen LogP contribution is 2.47. The first-order valence-corrected chi connectivity index (χ1v) is 16.0. The Morgan fingerprint density at radius 2 is 1.18 bits per heavy atom. The Bertz CT molecular complexity index is 1690. The second-order valence-corrected chi connectivity index (χ2v) is 13.6. The minimum Gasteiger partial charge on any atom is -0.481 e. The van der Waals surface area contributed by atoms with Gasteiger partial charge < -0.3 is 15.3 Å². The molecule has 4 aromatic heterocycles. The first-order valence-electron chi connectivity index (χ1n) is 11.5. The van der Waals surface area contributed by atoms with Crippen LogP contribution in [0.5, 0.6) is 0 Å². The number of aliphatic carboxylic acids is 2. The maximum Gasteiger partial charge on any atom is 0.345 e. The van der Waals surface area contributed by atoms with Crippen LogP contribution in [-0.4, -0.2) is 39.5 Å². The zero-order valence-corrected chi connectivity index (χ0v) is 24.4. The summed E-state index contributed by atoms with van der Waals surface area (Å²) in [6.45, 7) is 0. The highest BCUT2D eigenvalue weighted by molar-refractivity contribution is 7.98. The number of carboxylic acids is 3. The molecule has 39 heavy (non-hydrogen) atoms. The summed E-state index contributed by atoms with van der Waals surface area (Å²) in [5.41, 5.74) is 2.42. The number of carboxylic acid groups (broad SMARTS) is 3. The molecule has 0 saturated carbocycles. The number of aromatic carboxylic acids is 1. The molecule has 6 nitrogen and oxygen atoms in total. The normalized spacial score (nSPS) is 11.1. The van der Waals surface area contributed by atoms with Gasteiger partial charge in [0.2, 0.25) is 0 Å². The van der Waals surface area contributed by atoms with Crippen LogP contribution in [-0.2, 0) is 22.4 Å². The van der Waals surface area contributed by atoms with Gasteiger partial charge in [0.1, 0.15) is 4.88 Å². The largest absolute Gasteiger partial charge is 0.481 e. The molecule has 0 radical (unpaired) electrons. The van der Waals surface area contributed by atoms with E-state index in [0.29, 0.717) is 5.56 Å². The van der Waals surface area contributed by atoms with Crippen molar-refractivity contribution >= 4 is 75.0 Å². The Labute approximate surface area is 243 Å². The molecule has 0 atom stereocenters. The Morgan fingerprint density at radius 1 is 0.641 bits per heavy atom. The molecular weight excluding hydrogens is 593 g/mol. The van der Waals surface area contributed by atoms with Crippen molar-refractivity contribution in [3.05, 3.63) is 76.7 Å². The van der Waals surface area contributed by atoms with Crippen LogP contribution in [0.2, 0.25) is 0 Å². The van der Waals surface area contributed by atoms with E-state index in [1.807, 2.05) is 54.8 Å². The van der Waals surface area contributed by atoms with E-state index in [1.165, 1.54) is 22.7 Å². The van der Waals surface area contributed by atoms with Crippen molar-refractivity contribution in [1.29, 1.82) is 0 Å². The minimum atomic E-state index is -0.996. The first kappa shape index (κ1) is 27.4. The highest BCUT2D eigenvalue weighted by Gasteiger charge is 2.21. The van der Waals surface area contributed by atoms with Gasteiger partial charge >= 0.3 is 17.9 Å². The maximum atomic E-state index is 11.7. The fraction of sp³-hybridized carbons (Fsp3) is 0.107. The van der Waals surface area contributed by atoms with Crippen LogP contribution in [0, 0.1) is 0 Å². The average molecular weight is 613 g/mol. The predicted molar refractivity (Wildman–Crippen MR) is 161 cm³/mol. The molecule has 5 rings (SSSR count). The van der Waals surface area contributed by atoms with E-state index in [2.05, 4.69) is 0 Å². The van der Waals surface area contributed by atoms with Crippen LogP contribution in [0.3, 0.4) is 0 Å². The van der Waals surface area contributed by atoms with Crippen molar-refractivity contribution in [2.75, 3.05) is 6.26 Å². The van der Waals surface area contributed by atoms with Gasteiger partial charge in [0.25, 0.3) is 0 Å². The lowest BCUT2D eigenvalue weighted by Gasteiger charge is -2.00. The quantitative estimate of drug-likeness (QED) is 0.136. The Hall–Kier alpha value is -3.22. The smallest absolute Gasteiger partial charge is 0.345 e. The lowest BCUT2D eigenvalue weighted by atomic mass is 10.1. The van der Waals surface area contributed by atoms with Gasteiger partial charge in [-0.05, 0) is 71.5 Å². The predicted octanol–water partition coefficient (Wildman–Crippen LogP) is 8.27. The zero-order chi connectivity index (χ0) is 27.7. The van der Waals surface area contributed by atoms with Gasteiger partial charge in [0, 0.05) is 39.0 Å². The molecule has 0 fully saturated rings. The molecule has 0 saturated heterocycles. The third-order valence-electron chi connectivity index (χ3n) is 5.79. The van der Waals surface area contributed by atoms with E-state index in [4.69, 9.17) is 0 Å². The summed E-state index contributed by atoms with van der Waals surface area (Å²) in [5.74, 6) is -2.85. The third kappa shape index (κ3) is 6.02. The van der Waals surface area contributed by atoms with Gasteiger partial charge in [0.05, 0.1) is 12.8 Å². The van der Waals surface area contributed by atoms with Gasteiger partial charge in [-0.15, -0.1) is 57.1 Å². The van der Waals surface area contributed by atoms with E-state index >= 15 is 0 Å². The van der Waals surface area contributed by atoms with Crippen molar-refractivity contribution in [3.63, 3.8) is 0 Å². The van der Waals surface area contributed by atoms with Crippen LogP contribution < -0.4 is 0 Å². The molecular formula is C28H20O6S5. The lowest BCUT2D eigenvalue weighted by molar-refractivity contribution is -0.137.